The molecule has 1 aromatic heterocycles. The number of nitrogens with one attached hydrogen (secondary N) is 2. The van der Waals surface area contributed by atoms with Crippen LogP contribution in [0.25, 0.3) is 0 Å². The molecule has 3 aromatic rings. The van der Waals surface area contributed by atoms with E-state index in [0.717, 1.165) is 23.7 Å². The van der Waals surface area contributed by atoms with Crippen LogP contribution in [-0.4, -0.2) is 21.7 Å². The second-order valence-corrected chi connectivity index (χ2v) is 5.97. The highest BCUT2D eigenvalue weighted by molar-refractivity contribution is 6.30. The van der Waals surface area contributed by atoms with Gasteiger partial charge in [-0.15, -0.1) is 5.10 Å². The van der Waals surface area contributed by atoms with Gasteiger partial charge in [-0.25, -0.2) is 0 Å². The maximum absolute atomic E-state index is 5.88. The zero-order valence-electron chi connectivity index (χ0n) is 12.7. The molecular formula is C17H15Cl2N5. The van der Waals surface area contributed by atoms with Crippen molar-refractivity contribution in [2.45, 2.75) is 6.42 Å². The first-order valence-corrected chi connectivity index (χ1v) is 8.15. The van der Waals surface area contributed by atoms with Crippen LogP contribution in [0, 0.1) is 0 Å². The van der Waals surface area contributed by atoms with E-state index in [0.29, 0.717) is 16.8 Å². The van der Waals surface area contributed by atoms with Crippen molar-refractivity contribution < 1.29 is 0 Å². The van der Waals surface area contributed by atoms with Gasteiger partial charge >= 0.3 is 0 Å². The summed E-state index contributed by atoms with van der Waals surface area (Å²) in [5, 5.41) is 15.7. The van der Waals surface area contributed by atoms with Crippen molar-refractivity contribution in [3.8, 4) is 0 Å². The fraction of sp³-hybridized carbons (Fsp3) is 0.118. The lowest BCUT2D eigenvalue weighted by atomic mass is 10.1. The normalized spacial score (nSPS) is 10.4. The summed E-state index contributed by atoms with van der Waals surface area (Å²) in [6.45, 7) is 0.737. The van der Waals surface area contributed by atoms with Crippen LogP contribution in [0.5, 0.6) is 0 Å². The van der Waals surface area contributed by atoms with E-state index in [4.69, 9.17) is 23.2 Å². The predicted molar refractivity (Wildman–Crippen MR) is 98.2 cm³/mol. The number of nitrogens with zero attached hydrogens (tertiary/aromatic N) is 3. The van der Waals surface area contributed by atoms with Gasteiger partial charge in [0.05, 0.1) is 6.20 Å². The molecule has 0 saturated carbocycles. The minimum Gasteiger partial charge on any atom is -0.368 e. The number of hydrogen-bond donors (Lipinski definition) is 2. The maximum atomic E-state index is 5.88. The van der Waals surface area contributed by atoms with E-state index < -0.39 is 0 Å². The first kappa shape index (κ1) is 16.5. The van der Waals surface area contributed by atoms with Gasteiger partial charge in [0.15, 0.2) is 5.82 Å². The van der Waals surface area contributed by atoms with Gasteiger partial charge in [-0.3, -0.25) is 0 Å². The molecule has 122 valence electrons. The summed E-state index contributed by atoms with van der Waals surface area (Å²) < 4.78 is 0. The fourth-order valence-electron chi connectivity index (χ4n) is 2.09. The van der Waals surface area contributed by atoms with Gasteiger partial charge in [-0.05, 0) is 48.4 Å². The van der Waals surface area contributed by atoms with Crippen LogP contribution < -0.4 is 10.6 Å². The Bertz CT molecular complexity index is 791. The maximum Gasteiger partial charge on any atom is 0.249 e. The predicted octanol–water partition coefficient (Wildman–Crippen LogP) is 4.58. The van der Waals surface area contributed by atoms with Gasteiger partial charge in [0.2, 0.25) is 5.95 Å². The summed E-state index contributed by atoms with van der Waals surface area (Å²) in [6.07, 6.45) is 2.45. The summed E-state index contributed by atoms with van der Waals surface area (Å²) in [5.74, 6) is 1.09. The first-order chi connectivity index (χ1) is 11.7. The highest BCUT2D eigenvalue weighted by atomic mass is 35.5. The summed E-state index contributed by atoms with van der Waals surface area (Å²) >= 11 is 11.7. The molecule has 0 aliphatic carbocycles. The van der Waals surface area contributed by atoms with E-state index in [1.807, 2.05) is 36.4 Å². The number of benzene rings is 2. The zero-order valence-corrected chi connectivity index (χ0v) is 14.2. The summed E-state index contributed by atoms with van der Waals surface area (Å²) in [5.41, 5.74) is 2.05. The fourth-order valence-corrected chi connectivity index (χ4v) is 2.34. The number of hydrogen-bond acceptors (Lipinski definition) is 5. The SMILES string of the molecule is Clc1ccc(CCNc2cnnc(Nc3ccc(Cl)cc3)n2)cc1. The molecule has 1 heterocycles. The Labute approximate surface area is 150 Å². The molecule has 0 bridgehead atoms. The molecule has 0 fully saturated rings. The summed E-state index contributed by atoms with van der Waals surface area (Å²) in [4.78, 5) is 4.39. The molecule has 2 N–H and O–H groups in total. The van der Waals surface area contributed by atoms with Crippen molar-refractivity contribution in [3.63, 3.8) is 0 Å². The lowest BCUT2D eigenvalue weighted by Crippen LogP contribution is -2.08. The van der Waals surface area contributed by atoms with E-state index in [-0.39, 0.29) is 0 Å². The van der Waals surface area contributed by atoms with Gasteiger partial charge in [0.25, 0.3) is 0 Å². The minimum atomic E-state index is 0.425. The number of aromatic nitrogens is 3. The van der Waals surface area contributed by atoms with E-state index >= 15 is 0 Å². The average molecular weight is 360 g/mol. The molecule has 0 spiro atoms. The minimum absolute atomic E-state index is 0.425. The molecule has 0 radical (unpaired) electrons. The monoisotopic (exact) mass is 359 g/mol. The van der Waals surface area contributed by atoms with Gasteiger partial charge < -0.3 is 10.6 Å². The Morgan fingerprint density at radius 2 is 1.54 bits per heavy atom. The van der Waals surface area contributed by atoms with Crippen molar-refractivity contribution in [1.82, 2.24) is 15.2 Å². The molecule has 2 aromatic carbocycles. The Hall–Kier alpha value is -2.37. The third-order valence-corrected chi connectivity index (χ3v) is 3.80. The third kappa shape index (κ3) is 4.81. The smallest absolute Gasteiger partial charge is 0.249 e. The van der Waals surface area contributed by atoms with Crippen molar-refractivity contribution in [3.05, 3.63) is 70.3 Å². The van der Waals surface area contributed by atoms with Gasteiger partial charge in [0.1, 0.15) is 0 Å². The summed E-state index contributed by atoms with van der Waals surface area (Å²) in [7, 11) is 0. The molecule has 0 atom stereocenters. The van der Waals surface area contributed by atoms with E-state index in [2.05, 4.69) is 25.8 Å². The molecule has 0 unspecified atom stereocenters. The molecule has 7 heteroatoms. The molecule has 24 heavy (non-hydrogen) atoms. The Balaban J connectivity index is 1.56. The molecule has 0 saturated heterocycles. The van der Waals surface area contributed by atoms with Crippen LogP contribution in [0.1, 0.15) is 5.56 Å². The number of anilines is 3. The van der Waals surface area contributed by atoms with Crippen LogP contribution in [0.4, 0.5) is 17.5 Å². The summed E-state index contributed by atoms with van der Waals surface area (Å²) in [6, 6.07) is 15.1. The lowest BCUT2D eigenvalue weighted by molar-refractivity contribution is 0.950. The Morgan fingerprint density at radius 1 is 0.875 bits per heavy atom. The highest BCUT2D eigenvalue weighted by Gasteiger charge is 2.02. The largest absolute Gasteiger partial charge is 0.368 e. The molecule has 5 nitrogen and oxygen atoms in total. The van der Waals surface area contributed by atoms with Crippen molar-refractivity contribution >= 4 is 40.7 Å². The Kier molecular flexibility index (Phi) is 5.46. The van der Waals surface area contributed by atoms with Gasteiger partial charge in [0, 0.05) is 22.3 Å². The Morgan fingerprint density at radius 3 is 2.25 bits per heavy atom. The first-order valence-electron chi connectivity index (χ1n) is 7.40. The van der Waals surface area contributed by atoms with Crippen LogP contribution >= 0.6 is 23.2 Å². The molecule has 0 aliphatic heterocycles. The highest BCUT2D eigenvalue weighted by Crippen LogP contribution is 2.17. The van der Waals surface area contributed by atoms with Crippen LogP contribution in [0.15, 0.2) is 54.7 Å². The van der Waals surface area contributed by atoms with Gasteiger partial charge in [-0.2, -0.15) is 10.1 Å². The average Bonchev–Trinajstić information content (AvgIpc) is 2.59. The second kappa shape index (κ2) is 7.95. The van der Waals surface area contributed by atoms with E-state index in [9.17, 15) is 0 Å². The lowest BCUT2D eigenvalue weighted by Gasteiger charge is -2.08. The quantitative estimate of drug-likeness (QED) is 0.674. The number of halogens is 2. The zero-order chi connectivity index (χ0) is 16.8. The van der Waals surface area contributed by atoms with Crippen LogP contribution in [0.3, 0.4) is 0 Å². The second-order valence-electron chi connectivity index (χ2n) is 5.10. The van der Waals surface area contributed by atoms with Crippen molar-refractivity contribution in [1.29, 1.82) is 0 Å². The van der Waals surface area contributed by atoms with Crippen molar-refractivity contribution in [2.24, 2.45) is 0 Å². The standard InChI is InChI=1S/C17H15Cl2N5/c18-13-3-1-12(2-4-13)9-10-20-16-11-21-24-17(23-16)22-15-7-5-14(19)6-8-15/h1-8,11H,9-10H2,(H2,20,22,23,24). The number of rotatable bonds is 6. The van der Waals surface area contributed by atoms with Crippen molar-refractivity contribution in [2.75, 3.05) is 17.2 Å². The van der Waals surface area contributed by atoms with Crippen LogP contribution in [0.2, 0.25) is 10.0 Å². The molecule has 0 amide bonds. The third-order valence-electron chi connectivity index (χ3n) is 3.29. The van der Waals surface area contributed by atoms with Gasteiger partial charge in [-0.1, -0.05) is 35.3 Å². The molecule has 3 rings (SSSR count). The molecular weight excluding hydrogens is 345 g/mol. The van der Waals surface area contributed by atoms with E-state index in [1.165, 1.54) is 5.56 Å². The molecule has 0 aliphatic rings. The van der Waals surface area contributed by atoms with Crippen LogP contribution in [-0.2, 0) is 6.42 Å². The van der Waals surface area contributed by atoms with E-state index in [1.54, 1.807) is 18.3 Å². The topological polar surface area (TPSA) is 62.7 Å².